The predicted molar refractivity (Wildman–Crippen MR) is 147 cm³/mol. The third-order valence-corrected chi connectivity index (χ3v) is 6.43. The standard InChI is InChI=1S/C29H40N6/c1-4-7-17-34-21-23-9-8-10-24(18-23)27-13-14-31-29(33-27)32-26-11-12-28(25(19-26)20-30-22-34)35(15-5-2)16-6-3/h8-14,18-19,30H,4-7,15-17,20-22H2,1-3H3,(H,31,32,33). The number of benzene rings is 2. The van der Waals surface area contributed by atoms with Crippen LogP contribution in [0, 0.1) is 0 Å². The zero-order valence-electron chi connectivity index (χ0n) is 21.6. The van der Waals surface area contributed by atoms with Gasteiger partial charge >= 0.3 is 0 Å². The fraction of sp³-hybridized carbons (Fsp3) is 0.448. The highest BCUT2D eigenvalue weighted by Gasteiger charge is 2.14. The van der Waals surface area contributed by atoms with Crippen molar-refractivity contribution in [1.82, 2.24) is 20.2 Å². The highest BCUT2D eigenvalue weighted by atomic mass is 15.2. The molecular weight excluding hydrogens is 432 g/mol. The maximum Gasteiger partial charge on any atom is 0.227 e. The average Bonchev–Trinajstić information content (AvgIpc) is 2.87. The Morgan fingerprint density at radius 2 is 1.83 bits per heavy atom. The minimum atomic E-state index is 0.623. The van der Waals surface area contributed by atoms with Crippen LogP contribution >= 0.6 is 0 Å². The molecular formula is C29H40N6. The van der Waals surface area contributed by atoms with Crippen molar-refractivity contribution < 1.29 is 0 Å². The van der Waals surface area contributed by atoms with Gasteiger partial charge in [-0.05, 0) is 67.3 Å². The minimum Gasteiger partial charge on any atom is -0.371 e. The molecule has 1 aliphatic rings. The Labute approximate surface area is 210 Å². The van der Waals surface area contributed by atoms with E-state index in [9.17, 15) is 0 Å². The lowest BCUT2D eigenvalue weighted by Crippen LogP contribution is -2.35. The molecule has 0 amide bonds. The number of fused-ring (bicyclic) bond motifs is 7. The van der Waals surface area contributed by atoms with E-state index in [2.05, 4.69) is 88.7 Å². The second-order valence-corrected chi connectivity index (χ2v) is 9.41. The minimum absolute atomic E-state index is 0.623. The molecule has 6 heteroatoms. The summed E-state index contributed by atoms with van der Waals surface area (Å²) in [5.74, 6) is 0.623. The Bertz CT molecular complexity index is 1080. The van der Waals surface area contributed by atoms with Gasteiger partial charge in [-0.2, -0.15) is 0 Å². The van der Waals surface area contributed by atoms with Crippen LogP contribution in [0.25, 0.3) is 11.3 Å². The Balaban J connectivity index is 1.72. The maximum absolute atomic E-state index is 4.83. The summed E-state index contributed by atoms with van der Waals surface area (Å²) in [5.41, 5.74) is 7.00. The first-order chi connectivity index (χ1) is 17.2. The molecule has 2 heterocycles. The van der Waals surface area contributed by atoms with Gasteiger partial charge in [0, 0.05) is 56.0 Å². The van der Waals surface area contributed by atoms with E-state index in [1.807, 2.05) is 12.3 Å². The Hall–Kier alpha value is -2.96. The van der Waals surface area contributed by atoms with Gasteiger partial charge < -0.3 is 15.5 Å². The third-order valence-electron chi connectivity index (χ3n) is 6.43. The largest absolute Gasteiger partial charge is 0.371 e. The number of anilines is 3. The summed E-state index contributed by atoms with van der Waals surface area (Å²) in [6.07, 6.45) is 6.50. The number of nitrogens with zero attached hydrogens (tertiary/aromatic N) is 4. The number of hydrogen-bond donors (Lipinski definition) is 2. The van der Waals surface area contributed by atoms with Crippen molar-refractivity contribution in [3.05, 3.63) is 65.9 Å². The maximum atomic E-state index is 4.83. The van der Waals surface area contributed by atoms with Crippen LogP contribution in [0.15, 0.2) is 54.7 Å². The van der Waals surface area contributed by atoms with E-state index in [-0.39, 0.29) is 0 Å². The molecule has 0 saturated carbocycles. The van der Waals surface area contributed by atoms with Crippen LogP contribution in [0.3, 0.4) is 0 Å². The van der Waals surface area contributed by atoms with Crippen molar-refractivity contribution >= 4 is 17.3 Å². The van der Waals surface area contributed by atoms with Gasteiger partial charge in [-0.1, -0.05) is 45.4 Å². The topological polar surface area (TPSA) is 56.3 Å². The van der Waals surface area contributed by atoms with E-state index < -0.39 is 0 Å². The molecule has 35 heavy (non-hydrogen) atoms. The lowest BCUT2D eigenvalue weighted by Gasteiger charge is -2.28. The summed E-state index contributed by atoms with van der Waals surface area (Å²) >= 11 is 0. The first-order valence-corrected chi connectivity index (χ1v) is 13.2. The molecule has 6 bridgehead atoms. The quantitative estimate of drug-likeness (QED) is 0.408. The molecule has 0 radical (unpaired) electrons. The Morgan fingerprint density at radius 1 is 0.971 bits per heavy atom. The predicted octanol–water partition coefficient (Wildman–Crippen LogP) is 6.18. The second-order valence-electron chi connectivity index (χ2n) is 9.41. The van der Waals surface area contributed by atoms with Crippen molar-refractivity contribution in [3.8, 4) is 11.3 Å². The lowest BCUT2D eigenvalue weighted by molar-refractivity contribution is 0.240. The smallest absolute Gasteiger partial charge is 0.227 e. The zero-order chi connectivity index (χ0) is 24.5. The van der Waals surface area contributed by atoms with Gasteiger partial charge in [0.2, 0.25) is 5.95 Å². The molecule has 2 N–H and O–H groups in total. The number of unbranched alkanes of at least 4 members (excludes halogenated alkanes) is 1. The van der Waals surface area contributed by atoms with Crippen LogP contribution in [-0.4, -0.2) is 41.2 Å². The van der Waals surface area contributed by atoms with E-state index in [4.69, 9.17) is 4.98 Å². The van der Waals surface area contributed by atoms with Gasteiger partial charge in [0.25, 0.3) is 0 Å². The highest BCUT2D eigenvalue weighted by Crippen LogP contribution is 2.27. The van der Waals surface area contributed by atoms with Gasteiger partial charge in [-0.25, -0.2) is 9.97 Å². The summed E-state index contributed by atoms with van der Waals surface area (Å²) in [6.45, 7) is 12.6. The van der Waals surface area contributed by atoms with E-state index in [0.717, 1.165) is 69.2 Å². The van der Waals surface area contributed by atoms with Crippen molar-refractivity contribution in [3.63, 3.8) is 0 Å². The monoisotopic (exact) mass is 472 g/mol. The van der Waals surface area contributed by atoms with E-state index in [1.54, 1.807) is 0 Å². The van der Waals surface area contributed by atoms with Crippen LogP contribution in [0.2, 0.25) is 0 Å². The fourth-order valence-electron chi connectivity index (χ4n) is 4.75. The van der Waals surface area contributed by atoms with Crippen molar-refractivity contribution in [1.29, 1.82) is 0 Å². The normalized spacial score (nSPS) is 14.0. The number of hydrogen-bond acceptors (Lipinski definition) is 6. The molecule has 0 fully saturated rings. The molecule has 6 nitrogen and oxygen atoms in total. The molecule has 4 rings (SSSR count). The Morgan fingerprint density at radius 3 is 2.63 bits per heavy atom. The lowest BCUT2D eigenvalue weighted by atomic mass is 10.1. The average molecular weight is 473 g/mol. The molecule has 3 aromatic rings. The molecule has 0 spiro atoms. The van der Waals surface area contributed by atoms with Gasteiger partial charge in [-0.15, -0.1) is 0 Å². The van der Waals surface area contributed by atoms with Gasteiger partial charge in [-0.3, -0.25) is 4.90 Å². The molecule has 1 aromatic heterocycles. The Kier molecular flexibility index (Phi) is 9.09. The van der Waals surface area contributed by atoms with Crippen LogP contribution in [-0.2, 0) is 13.1 Å². The number of rotatable bonds is 8. The molecule has 2 aromatic carbocycles. The highest BCUT2D eigenvalue weighted by molar-refractivity contribution is 5.66. The number of nitrogens with one attached hydrogen (secondary N) is 2. The molecule has 1 aliphatic heterocycles. The second kappa shape index (κ2) is 12.7. The first-order valence-electron chi connectivity index (χ1n) is 13.2. The van der Waals surface area contributed by atoms with Crippen LogP contribution in [0.4, 0.5) is 17.3 Å². The van der Waals surface area contributed by atoms with Crippen molar-refractivity contribution in [2.24, 2.45) is 0 Å². The molecule has 0 aliphatic carbocycles. The summed E-state index contributed by atoms with van der Waals surface area (Å²) < 4.78 is 0. The fourth-order valence-corrected chi connectivity index (χ4v) is 4.75. The van der Waals surface area contributed by atoms with E-state index in [1.165, 1.54) is 29.7 Å². The van der Waals surface area contributed by atoms with Gasteiger partial charge in [0.1, 0.15) is 0 Å². The SMILES string of the molecule is CCCCN1CNCc2cc(ccc2N(CCC)CCC)Nc2nccc(n2)-c2cccc(c2)C1. The third kappa shape index (κ3) is 6.80. The molecule has 0 saturated heterocycles. The summed E-state index contributed by atoms with van der Waals surface area (Å²) in [5, 5.41) is 7.21. The molecule has 0 unspecified atom stereocenters. The van der Waals surface area contributed by atoms with E-state index in [0.29, 0.717) is 5.95 Å². The first kappa shape index (κ1) is 25.1. The summed E-state index contributed by atoms with van der Waals surface area (Å²) in [7, 11) is 0. The van der Waals surface area contributed by atoms with Crippen molar-refractivity contribution in [2.75, 3.05) is 36.5 Å². The number of aromatic nitrogens is 2. The summed E-state index contributed by atoms with van der Waals surface area (Å²) in [6, 6.07) is 17.4. The van der Waals surface area contributed by atoms with Crippen LogP contribution < -0.4 is 15.5 Å². The van der Waals surface area contributed by atoms with Crippen molar-refractivity contribution in [2.45, 2.75) is 59.5 Å². The van der Waals surface area contributed by atoms with Gasteiger partial charge in [0.15, 0.2) is 0 Å². The molecule has 186 valence electrons. The summed E-state index contributed by atoms with van der Waals surface area (Å²) in [4.78, 5) is 14.4. The van der Waals surface area contributed by atoms with Crippen LogP contribution in [0.5, 0.6) is 0 Å². The zero-order valence-corrected chi connectivity index (χ0v) is 21.6. The van der Waals surface area contributed by atoms with E-state index >= 15 is 0 Å². The van der Waals surface area contributed by atoms with Crippen LogP contribution in [0.1, 0.15) is 57.6 Å². The van der Waals surface area contributed by atoms with Gasteiger partial charge in [0.05, 0.1) is 5.69 Å². The molecule has 0 atom stereocenters.